The normalized spacial score (nSPS) is 25.6. The fourth-order valence-corrected chi connectivity index (χ4v) is 6.74. The van der Waals surface area contributed by atoms with E-state index in [9.17, 15) is 29.7 Å². The van der Waals surface area contributed by atoms with Crippen molar-refractivity contribution < 1.29 is 58.5 Å². The monoisotopic (exact) mass is 681 g/mol. The smallest absolute Gasteiger partial charge is 0.375 e. The van der Waals surface area contributed by atoms with E-state index in [1.807, 2.05) is 6.20 Å². The number of quaternary nitrogens is 2. The molecule has 0 fully saturated rings. The predicted octanol–water partition coefficient (Wildman–Crippen LogP) is -3.19. The highest BCUT2D eigenvalue weighted by atomic mass is 16.6. The van der Waals surface area contributed by atoms with Gasteiger partial charge in [0.15, 0.2) is 13.0 Å². The molecule has 0 saturated heterocycles. The minimum atomic E-state index is -1.35. The van der Waals surface area contributed by atoms with Crippen molar-refractivity contribution in [1.82, 2.24) is 10.6 Å². The summed E-state index contributed by atoms with van der Waals surface area (Å²) in [7, 11) is 1.44. The summed E-state index contributed by atoms with van der Waals surface area (Å²) in [6, 6.07) is 0. The van der Waals surface area contributed by atoms with Crippen LogP contribution in [0.1, 0.15) is 43.4 Å². The molecule has 0 saturated carbocycles. The maximum Gasteiger partial charge on any atom is 0.375 e. The first-order valence-electron chi connectivity index (χ1n) is 15.9. The van der Waals surface area contributed by atoms with E-state index in [1.165, 1.54) is 7.11 Å². The number of hydrogen-bond acceptors (Lipinski definition) is 13. The first-order chi connectivity index (χ1) is 23.6. The number of amidine groups is 1. The Hall–Kier alpha value is -4.94. The molecule has 17 nitrogen and oxygen atoms in total. The van der Waals surface area contributed by atoms with Crippen molar-refractivity contribution in [2.45, 2.75) is 57.7 Å². The summed E-state index contributed by atoms with van der Waals surface area (Å²) in [5, 5.41) is 44.8. The second-order valence-electron chi connectivity index (χ2n) is 12.1. The lowest BCUT2D eigenvalue weighted by Gasteiger charge is -2.29. The second kappa shape index (κ2) is 13.5. The molecule has 1 aromatic rings. The van der Waals surface area contributed by atoms with E-state index in [0.717, 1.165) is 4.90 Å². The quantitative estimate of drug-likeness (QED) is 0.0810. The fraction of sp³-hybridized carbons (Fsp3) is 0.438. The number of hydrogen-bond donors (Lipinski definition) is 8. The average Bonchev–Trinajstić information content (AvgIpc) is 3.83. The van der Waals surface area contributed by atoms with Crippen molar-refractivity contribution in [2.75, 3.05) is 33.5 Å². The van der Waals surface area contributed by atoms with Crippen LogP contribution in [0, 0.1) is 5.41 Å². The molecule has 0 aliphatic carbocycles. The number of ether oxygens (including phenoxy) is 4. The SMILES string of the molecule is CCOC(=O)C1=C(C=O)/C(=C\C[NH+]2C=CNC2[NH+]2CN=C3C(=O)NC(=N)N=C32)c2c(OC)c3c(c(CO)c2O1)O[C@H]([C@](C)(O)CCCO)C3. The number of nitrogens with zero attached hydrogens (tertiary/aromatic N) is 2. The molecule has 0 radical (unpaired) electrons. The van der Waals surface area contributed by atoms with Crippen molar-refractivity contribution in [3.05, 3.63) is 46.5 Å². The summed E-state index contributed by atoms with van der Waals surface area (Å²) in [6.45, 7) is 2.98. The third-order valence-electron chi connectivity index (χ3n) is 9.11. The van der Waals surface area contributed by atoms with E-state index < -0.39 is 36.5 Å². The number of aliphatic imine (C=N–C) groups is 2. The molecular weight excluding hydrogens is 642 g/mol. The Kier molecular flexibility index (Phi) is 9.37. The van der Waals surface area contributed by atoms with Gasteiger partial charge in [0.2, 0.25) is 17.4 Å². The number of esters is 1. The molecule has 3 unspecified atom stereocenters. The zero-order valence-corrected chi connectivity index (χ0v) is 27.2. The number of benzene rings is 1. The molecule has 0 aromatic heterocycles. The number of rotatable bonds is 12. The largest absolute Gasteiger partial charge is 0.496 e. The van der Waals surface area contributed by atoms with E-state index in [2.05, 4.69) is 20.6 Å². The molecule has 1 amide bonds. The van der Waals surface area contributed by atoms with Crippen LogP contribution in [0.25, 0.3) is 5.57 Å². The molecule has 8 N–H and O–H groups in total. The number of aliphatic hydroxyl groups excluding tert-OH is 2. The maximum atomic E-state index is 13.2. The molecule has 5 atom stereocenters. The van der Waals surface area contributed by atoms with Gasteiger partial charge in [0, 0.05) is 24.2 Å². The Morgan fingerprint density at radius 3 is 2.80 bits per heavy atom. The van der Waals surface area contributed by atoms with Gasteiger partial charge in [-0.15, -0.1) is 0 Å². The third kappa shape index (κ3) is 5.89. The minimum absolute atomic E-state index is 0.00985. The number of allylic oxidation sites excluding steroid dienone is 2. The lowest BCUT2D eigenvalue weighted by Crippen LogP contribution is -3.36. The van der Waals surface area contributed by atoms with Crippen LogP contribution in [-0.4, -0.2) is 103 Å². The first-order valence-corrected chi connectivity index (χ1v) is 15.9. The molecule has 49 heavy (non-hydrogen) atoms. The summed E-state index contributed by atoms with van der Waals surface area (Å²) in [6.07, 6.45) is 5.44. The van der Waals surface area contributed by atoms with Gasteiger partial charge in [0.1, 0.15) is 36.1 Å². The molecular formula is C32H39N7O10+2. The van der Waals surface area contributed by atoms with Crippen LogP contribution in [0.5, 0.6) is 17.2 Å². The van der Waals surface area contributed by atoms with Crippen LogP contribution in [-0.2, 0) is 32.1 Å². The molecule has 260 valence electrons. The van der Waals surface area contributed by atoms with Crippen molar-refractivity contribution in [2.24, 2.45) is 9.98 Å². The molecule has 5 aliphatic heterocycles. The topological polar surface area (TPSA) is 230 Å². The lowest BCUT2D eigenvalue weighted by atomic mass is 9.86. The fourth-order valence-electron chi connectivity index (χ4n) is 6.74. The van der Waals surface area contributed by atoms with Gasteiger partial charge in [0.25, 0.3) is 11.7 Å². The standard InChI is InChI=1S/C32H37N7O10/c1-4-47-29(44)26-18(13-41)16(6-9-38-10-8-34-31(38)39-15-35-22-27(39)36-30(33)37-28(22)43)21-24(46-3)17-12-20(32(2,45)7-5-11-40)48-23(17)19(14-42)25(21)49-26/h6,8,10,13,20,31,34,40,42,45H,4-5,7,9,11-12,14-15H2,1-3H3,(H2,33,37,43)/p+2/b16-6+/t20-,31?,32+/m0/s1. The Morgan fingerprint density at radius 2 is 2.10 bits per heavy atom. The third-order valence-corrected chi connectivity index (χ3v) is 9.11. The molecule has 0 bridgehead atoms. The number of methoxy groups -OCH3 is 1. The summed E-state index contributed by atoms with van der Waals surface area (Å²) in [5.74, 6) is -1.14. The van der Waals surface area contributed by atoms with Crippen LogP contribution < -0.4 is 34.6 Å². The van der Waals surface area contributed by atoms with Crippen LogP contribution in [0.15, 0.2) is 39.8 Å². The van der Waals surface area contributed by atoms with Crippen LogP contribution in [0.2, 0.25) is 0 Å². The number of carbonyl (C=O) groups excluding carboxylic acids is 3. The number of amides is 1. The van der Waals surface area contributed by atoms with Crippen LogP contribution in [0.3, 0.4) is 0 Å². The van der Waals surface area contributed by atoms with Gasteiger partial charge >= 0.3 is 12.3 Å². The van der Waals surface area contributed by atoms with E-state index in [0.29, 0.717) is 40.1 Å². The number of fused-ring (bicyclic) bond motifs is 3. The highest BCUT2D eigenvalue weighted by molar-refractivity contribution is 6.68. The maximum absolute atomic E-state index is 13.2. The second-order valence-corrected chi connectivity index (χ2v) is 12.1. The van der Waals surface area contributed by atoms with E-state index in [4.69, 9.17) is 24.4 Å². The van der Waals surface area contributed by atoms with Crippen LogP contribution >= 0.6 is 0 Å². The molecule has 5 heterocycles. The first kappa shape index (κ1) is 33.9. The number of aliphatic hydroxyl groups is 3. The molecule has 5 aliphatic rings. The van der Waals surface area contributed by atoms with Gasteiger partial charge in [-0.05, 0) is 32.8 Å². The van der Waals surface area contributed by atoms with Gasteiger partial charge in [-0.3, -0.25) is 25.6 Å². The Balaban J connectivity index is 1.44. The number of carbonyl (C=O) groups is 3. The zero-order valence-electron chi connectivity index (χ0n) is 27.2. The van der Waals surface area contributed by atoms with Gasteiger partial charge in [-0.25, -0.2) is 14.7 Å². The van der Waals surface area contributed by atoms with Gasteiger partial charge < -0.3 is 34.3 Å². The molecule has 17 heteroatoms. The Bertz CT molecular complexity index is 1760. The predicted molar refractivity (Wildman–Crippen MR) is 171 cm³/mol. The Labute approximate surface area is 280 Å². The summed E-state index contributed by atoms with van der Waals surface area (Å²) >= 11 is 0. The molecule has 6 rings (SSSR count). The Morgan fingerprint density at radius 1 is 1.31 bits per heavy atom. The van der Waals surface area contributed by atoms with Crippen molar-refractivity contribution in [3.63, 3.8) is 0 Å². The van der Waals surface area contributed by atoms with Crippen molar-refractivity contribution in [3.8, 4) is 17.2 Å². The zero-order chi connectivity index (χ0) is 35.0. The molecule has 0 spiro atoms. The number of guanidine groups is 1. The van der Waals surface area contributed by atoms with Gasteiger partial charge in [-0.2, -0.15) is 9.89 Å². The summed E-state index contributed by atoms with van der Waals surface area (Å²) < 4.78 is 23.5. The number of nitrogens with one attached hydrogen (secondary N) is 5. The highest BCUT2D eigenvalue weighted by Gasteiger charge is 2.47. The van der Waals surface area contributed by atoms with Crippen molar-refractivity contribution in [1.29, 1.82) is 5.41 Å². The molecule has 1 aromatic carbocycles. The van der Waals surface area contributed by atoms with Gasteiger partial charge in [0.05, 0.1) is 48.8 Å². The number of aldehydes is 1. The van der Waals surface area contributed by atoms with E-state index in [-0.39, 0.29) is 85.1 Å². The highest BCUT2D eigenvalue weighted by Crippen LogP contribution is 2.54. The summed E-state index contributed by atoms with van der Waals surface area (Å²) in [5.41, 5.74) is 0.0537. The van der Waals surface area contributed by atoms with Crippen LogP contribution in [0.4, 0.5) is 0 Å². The lowest BCUT2D eigenvalue weighted by molar-refractivity contribution is -1.05. The van der Waals surface area contributed by atoms with E-state index >= 15 is 0 Å². The van der Waals surface area contributed by atoms with Gasteiger partial charge in [-0.1, -0.05) is 0 Å². The minimum Gasteiger partial charge on any atom is -0.496 e. The summed E-state index contributed by atoms with van der Waals surface area (Å²) in [4.78, 5) is 48.5. The average molecular weight is 682 g/mol. The van der Waals surface area contributed by atoms with E-state index in [1.54, 1.807) is 26.1 Å². The van der Waals surface area contributed by atoms with Crippen molar-refractivity contribution >= 4 is 41.2 Å².